The van der Waals surface area contributed by atoms with Gasteiger partial charge in [-0.1, -0.05) is 0 Å². The van der Waals surface area contributed by atoms with Crippen LogP contribution in [0, 0.1) is 17.5 Å². The number of pyridine rings is 1. The largest absolute Gasteiger partial charge is 0.384 e. The summed E-state index contributed by atoms with van der Waals surface area (Å²) in [4.78, 5) is 3.79. The molecule has 0 aliphatic heterocycles. The minimum absolute atomic E-state index is 0.0907. The van der Waals surface area contributed by atoms with Gasteiger partial charge in [0.2, 0.25) is 0 Å². The van der Waals surface area contributed by atoms with E-state index in [1.54, 1.807) is 6.07 Å². The predicted molar refractivity (Wildman–Crippen MR) is 58.2 cm³/mol. The highest BCUT2D eigenvalue weighted by atomic mass is 19.2. The Labute approximate surface area is 95.1 Å². The average molecular weight is 239 g/mol. The number of hydrogen-bond acceptors (Lipinski definition) is 3. The molecule has 2 aromatic rings. The molecule has 0 aliphatic carbocycles. The minimum atomic E-state index is -1.49. The number of nitrogens with two attached hydrogens (primary N) is 1. The third kappa shape index (κ3) is 2.47. The van der Waals surface area contributed by atoms with Gasteiger partial charge in [-0.15, -0.1) is 0 Å². The second kappa shape index (κ2) is 4.32. The third-order valence-corrected chi connectivity index (χ3v) is 2.06. The SMILES string of the molecule is Nc1ccc(Nc2cc(F)c(F)c(F)c2)cn1. The van der Waals surface area contributed by atoms with Crippen LogP contribution in [0.3, 0.4) is 0 Å². The summed E-state index contributed by atoms with van der Waals surface area (Å²) >= 11 is 0. The lowest BCUT2D eigenvalue weighted by Crippen LogP contribution is -1.97. The lowest BCUT2D eigenvalue weighted by molar-refractivity contribution is 0.448. The van der Waals surface area contributed by atoms with Crippen molar-refractivity contribution in [2.24, 2.45) is 0 Å². The van der Waals surface area contributed by atoms with Crippen LogP contribution in [-0.2, 0) is 0 Å². The summed E-state index contributed by atoms with van der Waals surface area (Å²) in [5.41, 5.74) is 5.96. The Balaban J connectivity index is 2.27. The Morgan fingerprint density at radius 3 is 2.18 bits per heavy atom. The molecule has 3 nitrogen and oxygen atoms in total. The van der Waals surface area contributed by atoms with Crippen LogP contribution in [0.1, 0.15) is 0 Å². The predicted octanol–water partition coefficient (Wildman–Crippen LogP) is 2.82. The van der Waals surface area contributed by atoms with Gasteiger partial charge in [0.05, 0.1) is 11.9 Å². The number of hydrogen-bond donors (Lipinski definition) is 2. The smallest absolute Gasteiger partial charge is 0.194 e. The minimum Gasteiger partial charge on any atom is -0.384 e. The molecule has 17 heavy (non-hydrogen) atoms. The fourth-order valence-electron chi connectivity index (χ4n) is 1.27. The topological polar surface area (TPSA) is 50.9 Å². The Hall–Kier alpha value is -2.24. The Bertz CT molecular complexity index is 517. The number of nitrogen functional groups attached to an aromatic ring is 1. The molecule has 1 aromatic heterocycles. The Kier molecular flexibility index (Phi) is 2.86. The monoisotopic (exact) mass is 239 g/mol. The molecular weight excluding hydrogens is 231 g/mol. The first-order chi connectivity index (χ1) is 8.06. The molecule has 0 saturated carbocycles. The molecule has 0 amide bonds. The maximum atomic E-state index is 12.9. The van der Waals surface area contributed by atoms with Crippen LogP contribution in [0.25, 0.3) is 0 Å². The molecule has 88 valence electrons. The van der Waals surface area contributed by atoms with E-state index in [9.17, 15) is 13.2 Å². The first-order valence-corrected chi connectivity index (χ1v) is 4.69. The van der Waals surface area contributed by atoms with Crippen molar-refractivity contribution >= 4 is 17.2 Å². The van der Waals surface area contributed by atoms with Gasteiger partial charge in [-0.25, -0.2) is 18.2 Å². The van der Waals surface area contributed by atoms with Crippen LogP contribution in [0.5, 0.6) is 0 Å². The van der Waals surface area contributed by atoms with Crippen molar-refractivity contribution in [3.8, 4) is 0 Å². The van der Waals surface area contributed by atoms with Crippen molar-refractivity contribution in [3.63, 3.8) is 0 Å². The van der Waals surface area contributed by atoms with Crippen LogP contribution >= 0.6 is 0 Å². The van der Waals surface area contributed by atoms with Crippen LogP contribution < -0.4 is 11.1 Å². The zero-order valence-electron chi connectivity index (χ0n) is 8.55. The Morgan fingerprint density at radius 1 is 1.00 bits per heavy atom. The fourth-order valence-corrected chi connectivity index (χ4v) is 1.27. The molecule has 2 rings (SSSR count). The maximum absolute atomic E-state index is 12.9. The molecule has 0 spiro atoms. The second-order valence-electron chi connectivity index (χ2n) is 3.35. The van der Waals surface area contributed by atoms with Crippen molar-refractivity contribution in [1.29, 1.82) is 0 Å². The van der Waals surface area contributed by atoms with Gasteiger partial charge in [0.25, 0.3) is 0 Å². The normalized spacial score (nSPS) is 10.3. The molecule has 1 heterocycles. The van der Waals surface area contributed by atoms with Gasteiger partial charge in [0, 0.05) is 17.8 Å². The zero-order valence-corrected chi connectivity index (χ0v) is 8.55. The Morgan fingerprint density at radius 2 is 1.65 bits per heavy atom. The van der Waals surface area contributed by atoms with Crippen LogP contribution in [0.4, 0.5) is 30.4 Å². The molecule has 0 bridgehead atoms. The number of aromatic nitrogens is 1. The number of benzene rings is 1. The van der Waals surface area contributed by atoms with Crippen molar-refractivity contribution in [1.82, 2.24) is 4.98 Å². The van der Waals surface area contributed by atoms with E-state index in [0.717, 1.165) is 12.1 Å². The van der Waals surface area contributed by atoms with Gasteiger partial charge in [-0.3, -0.25) is 0 Å². The van der Waals surface area contributed by atoms with Gasteiger partial charge in [0.1, 0.15) is 5.82 Å². The zero-order chi connectivity index (χ0) is 12.4. The lowest BCUT2D eigenvalue weighted by Gasteiger charge is -2.07. The van der Waals surface area contributed by atoms with Crippen molar-refractivity contribution < 1.29 is 13.2 Å². The quantitative estimate of drug-likeness (QED) is 0.792. The van der Waals surface area contributed by atoms with Gasteiger partial charge in [-0.2, -0.15) is 0 Å². The van der Waals surface area contributed by atoms with Gasteiger partial charge in [0.15, 0.2) is 17.5 Å². The molecule has 0 atom stereocenters. The van der Waals surface area contributed by atoms with Crippen molar-refractivity contribution in [3.05, 3.63) is 47.9 Å². The molecule has 0 radical (unpaired) electrons. The third-order valence-electron chi connectivity index (χ3n) is 2.06. The number of nitrogens with one attached hydrogen (secondary N) is 1. The lowest BCUT2D eigenvalue weighted by atomic mass is 10.2. The van der Waals surface area contributed by atoms with Crippen molar-refractivity contribution in [2.75, 3.05) is 11.1 Å². The molecular formula is C11H8F3N3. The van der Waals surface area contributed by atoms with Crippen molar-refractivity contribution in [2.45, 2.75) is 0 Å². The number of rotatable bonds is 2. The molecule has 3 N–H and O–H groups in total. The highest BCUT2D eigenvalue weighted by molar-refractivity contribution is 5.59. The molecule has 0 unspecified atom stereocenters. The van der Waals surface area contributed by atoms with Crippen LogP contribution in [0.2, 0.25) is 0 Å². The highest BCUT2D eigenvalue weighted by Crippen LogP contribution is 2.21. The van der Waals surface area contributed by atoms with Crippen LogP contribution in [0.15, 0.2) is 30.5 Å². The van der Waals surface area contributed by atoms with E-state index >= 15 is 0 Å². The summed E-state index contributed by atoms with van der Waals surface area (Å²) in [6.45, 7) is 0. The summed E-state index contributed by atoms with van der Waals surface area (Å²) in [7, 11) is 0. The van der Waals surface area contributed by atoms with Crippen LogP contribution in [-0.4, -0.2) is 4.98 Å². The molecule has 0 aliphatic rings. The van der Waals surface area contributed by atoms with E-state index in [1.165, 1.54) is 12.3 Å². The highest BCUT2D eigenvalue weighted by Gasteiger charge is 2.10. The molecule has 0 fully saturated rings. The molecule has 0 saturated heterocycles. The van der Waals surface area contributed by atoms with Gasteiger partial charge in [-0.05, 0) is 12.1 Å². The van der Waals surface area contributed by atoms with E-state index < -0.39 is 17.5 Å². The summed E-state index contributed by atoms with van der Waals surface area (Å²) < 4.78 is 38.5. The van der Waals surface area contributed by atoms with E-state index in [0.29, 0.717) is 11.5 Å². The van der Waals surface area contributed by atoms with Gasteiger partial charge >= 0.3 is 0 Å². The summed E-state index contributed by atoms with van der Waals surface area (Å²) in [6, 6.07) is 4.82. The fraction of sp³-hybridized carbons (Fsp3) is 0. The number of nitrogens with zero attached hydrogens (tertiary/aromatic N) is 1. The molecule has 6 heteroatoms. The first kappa shape index (κ1) is 11.3. The number of halogens is 3. The summed E-state index contributed by atoms with van der Waals surface area (Å²) in [5, 5.41) is 2.68. The summed E-state index contributed by atoms with van der Waals surface area (Å²) in [5.74, 6) is -3.68. The van der Waals surface area contributed by atoms with E-state index in [-0.39, 0.29) is 5.69 Å². The summed E-state index contributed by atoms with van der Waals surface area (Å²) in [6.07, 6.45) is 1.40. The van der Waals surface area contributed by atoms with Gasteiger partial charge < -0.3 is 11.1 Å². The second-order valence-corrected chi connectivity index (χ2v) is 3.35. The van der Waals surface area contributed by atoms with E-state index in [4.69, 9.17) is 5.73 Å². The van der Waals surface area contributed by atoms with E-state index in [1.807, 2.05) is 0 Å². The first-order valence-electron chi connectivity index (χ1n) is 4.69. The molecule has 1 aromatic carbocycles. The maximum Gasteiger partial charge on any atom is 0.194 e. The standard InChI is InChI=1S/C11H8F3N3/c12-8-3-7(4-9(13)11(8)14)17-6-1-2-10(15)16-5-6/h1-5,17H,(H2,15,16). The average Bonchev–Trinajstić information content (AvgIpc) is 2.29. The van der Waals surface area contributed by atoms with E-state index in [2.05, 4.69) is 10.3 Å². The number of anilines is 3.